The van der Waals surface area contributed by atoms with Gasteiger partial charge >= 0.3 is 5.69 Å². The van der Waals surface area contributed by atoms with Crippen LogP contribution in [0.5, 0.6) is 0 Å². The Hall–Kier alpha value is -1.15. The Bertz CT molecular complexity index is 469. The molecule has 0 amide bonds. The zero-order valence-electron chi connectivity index (χ0n) is 7.29. The summed E-state index contributed by atoms with van der Waals surface area (Å²) in [6.45, 7) is 0. The summed E-state index contributed by atoms with van der Waals surface area (Å²) < 4.78 is 24.7. The first kappa shape index (κ1) is 12.9. The van der Waals surface area contributed by atoms with Gasteiger partial charge in [-0.2, -0.15) is 0 Å². The summed E-state index contributed by atoms with van der Waals surface area (Å²) in [5, 5.41) is 9.44. The monoisotopic (exact) mass is 314 g/mol. The standard InChI is InChI=1S/C7H2BrClF2N2O3/c8-2-1-3(6(9)14)12-4(7(10)11)5(2)13(15)16/h1,7H. The van der Waals surface area contributed by atoms with Gasteiger partial charge in [-0.15, -0.1) is 0 Å². The van der Waals surface area contributed by atoms with Gasteiger partial charge in [0.1, 0.15) is 5.69 Å². The molecule has 5 nitrogen and oxygen atoms in total. The largest absolute Gasteiger partial charge is 0.310 e. The lowest BCUT2D eigenvalue weighted by atomic mass is 10.2. The first-order valence-corrected chi connectivity index (χ1v) is 4.84. The molecule has 1 aromatic rings. The molecule has 0 radical (unpaired) electrons. The van der Waals surface area contributed by atoms with Gasteiger partial charge in [0.05, 0.1) is 9.40 Å². The zero-order valence-corrected chi connectivity index (χ0v) is 9.63. The molecule has 0 N–H and O–H groups in total. The van der Waals surface area contributed by atoms with Crippen molar-refractivity contribution >= 4 is 38.5 Å². The van der Waals surface area contributed by atoms with Gasteiger partial charge < -0.3 is 0 Å². The van der Waals surface area contributed by atoms with Crippen LogP contribution >= 0.6 is 27.5 Å². The average molecular weight is 315 g/mol. The van der Waals surface area contributed by atoms with Crippen LogP contribution in [0.1, 0.15) is 22.6 Å². The van der Waals surface area contributed by atoms with E-state index in [1.54, 1.807) is 0 Å². The van der Waals surface area contributed by atoms with Crippen LogP contribution in [0.3, 0.4) is 0 Å². The van der Waals surface area contributed by atoms with E-state index in [-0.39, 0.29) is 4.47 Å². The zero-order chi connectivity index (χ0) is 12.5. The fraction of sp³-hybridized carbons (Fsp3) is 0.143. The van der Waals surface area contributed by atoms with E-state index in [4.69, 9.17) is 11.6 Å². The number of alkyl halides is 2. The van der Waals surface area contributed by atoms with Crippen molar-refractivity contribution in [3.8, 4) is 0 Å². The fourth-order valence-electron chi connectivity index (χ4n) is 0.959. The molecule has 0 bridgehead atoms. The number of nitrogens with zero attached hydrogens (tertiary/aromatic N) is 2. The number of carbonyl (C=O) groups excluding carboxylic acids is 1. The summed E-state index contributed by atoms with van der Waals surface area (Å²) >= 11 is 7.76. The summed E-state index contributed by atoms with van der Waals surface area (Å²) in [5.74, 6) is 0. The van der Waals surface area contributed by atoms with Crippen molar-refractivity contribution in [3.63, 3.8) is 0 Å². The van der Waals surface area contributed by atoms with Crippen LogP contribution < -0.4 is 0 Å². The molecule has 0 spiro atoms. The van der Waals surface area contributed by atoms with Crippen molar-refractivity contribution < 1.29 is 18.5 Å². The van der Waals surface area contributed by atoms with Crippen molar-refractivity contribution in [3.05, 3.63) is 32.0 Å². The fourth-order valence-corrected chi connectivity index (χ4v) is 1.62. The third kappa shape index (κ3) is 2.50. The third-order valence-electron chi connectivity index (χ3n) is 1.56. The molecular formula is C7H2BrClF2N2O3. The highest BCUT2D eigenvalue weighted by Gasteiger charge is 2.28. The molecule has 0 fully saturated rings. The van der Waals surface area contributed by atoms with E-state index in [0.29, 0.717) is 0 Å². The van der Waals surface area contributed by atoms with E-state index in [0.717, 1.165) is 6.07 Å². The van der Waals surface area contributed by atoms with E-state index in [1.807, 2.05) is 0 Å². The van der Waals surface area contributed by atoms with Gasteiger partial charge in [0, 0.05) is 0 Å². The van der Waals surface area contributed by atoms with Crippen LogP contribution in [0.15, 0.2) is 10.5 Å². The topological polar surface area (TPSA) is 73.1 Å². The van der Waals surface area contributed by atoms with Crippen LogP contribution in [0.25, 0.3) is 0 Å². The van der Waals surface area contributed by atoms with Crippen molar-refractivity contribution in [2.45, 2.75) is 6.43 Å². The summed E-state index contributed by atoms with van der Waals surface area (Å²) in [6.07, 6.45) is -3.17. The molecule has 0 aliphatic carbocycles. The van der Waals surface area contributed by atoms with Crippen molar-refractivity contribution in [2.24, 2.45) is 0 Å². The second-order valence-electron chi connectivity index (χ2n) is 2.55. The smallest absolute Gasteiger partial charge is 0.274 e. The predicted octanol–water partition coefficient (Wildman–Crippen LogP) is 3.07. The SMILES string of the molecule is O=C(Cl)c1cc(Br)c([N+](=O)[O-])c(C(F)F)n1. The molecule has 0 saturated carbocycles. The molecular weight excluding hydrogens is 313 g/mol. The van der Waals surface area contributed by atoms with Gasteiger partial charge in [0.25, 0.3) is 11.7 Å². The van der Waals surface area contributed by atoms with Crippen LogP contribution in [-0.4, -0.2) is 15.1 Å². The highest BCUT2D eigenvalue weighted by atomic mass is 79.9. The van der Waals surface area contributed by atoms with E-state index < -0.39 is 33.7 Å². The lowest BCUT2D eigenvalue weighted by Gasteiger charge is -2.04. The molecule has 86 valence electrons. The third-order valence-corrected chi connectivity index (χ3v) is 2.36. The molecule has 0 aromatic carbocycles. The van der Waals surface area contributed by atoms with Crippen molar-refractivity contribution in [2.75, 3.05) is 0 Å². The van der Waals surface area contributed by atoms with Crippen LogP contribution in [0, 0.1) is 10.1 Å². The average Bonchev–Trinajstić information content (AvgIpc) is 2.15. The number of hydrogen-bond acceptors (Lipinski definition) is 4. The summed E-state index contributed by atoms with van der Waals surface area (Å²) in [7, 11) is 0. The van der Waals surface area contributed by atoms with Gasteiger partial charge in [-0.05, 0) is 33.6 Å². The van der Waals surface area contributed by atoms with Gasteiger partial charge in [-0.3, -0.25) is 14.9 Å². The van der Waals surface area contributed by atoms with E-state index >= 15 is 0 Å². The first-order valence-electron chi connectivity index (χ1n) is 3.67. The Labute approximate surface area is 101 Å². The lowest BCUT2D eigenvalue weighted by Crippen LogP contribution is -2.05. The number of carbonyl (C=O) groups is 1. The summed E-state index contributed by atoms with van der Waals surface area (Å²) in [6, 6.07) is 0.916. The molecule has 0 atom stereocenters. The number of hydrogen-bond donors (Lipinski definition) is 0. The Morgan fingerprint density at radius 3 is 2.56 bits per heavy atom. The Morgan fingerprint density at radius 2 is 2.19 bits per heavy atom. The maximum absolute atomic E-state index is 12.5. The molecule has 0 aliphatic rings. The number of nitro groups is 1. The number of pyridine rings is 1. The maximum Gasteiger partial charge on any atom is 0.310 e. The Balaban J connectivity index is 3.51. The molecule has 1 aromatic heterocycles. The van der Waals surface area contributed by atoms with E-state index in [2.05, 4.69) is 20.9 Å². The number of rotatable bonds is 3. The summed E-state index contributed by atoms with van der Waals surface area (Å²) in [4.78, 5) is 23.4. The molecule has 16 heavy (non-hydrogen) atoms. The van der Waals surface area contributed by atoms with Gasteiger partial charge in [0.2, 0.25) is 0 Å². The van der Waals surface area contributed by atoms with E-state index in [9.17, 15) is 23.7 Å². The minimum atomic E-state index is -3.17. The number of halogens is 4. The maximum atomic E-state index is 12.5. The normalized spacial score (nSPS) is 10.6. The van der Waals surface area contributed by atoms with E-state index in [1.165, 1.54) is 0 Å². The highest BCUT2D eigenvalue weighted by Crippen LogP contribution is 2.34. The highest BCUT2D eigenvalue weighted by molar-refractivity contribution is 9.10. The van der Waals surface area contributed by atoms with Crippen molar-refractivity contribution in [1.82, 2.24) is 4.98 Å². The van der Waals surface area contributed by atoms with Crippen LogP contribution in [0.4, 0.5) is 14.5 Å². The Kier molecular flexibility index (Phi) is 3.87. The van der Waals surface area contributed by atoms with Crippen LogP contribution in [-0.2, 0) is 0 Å². The minimum absolute atomic E-state index is 0.271. The van der Waals surface area contributed by atoms with Gasteiger partial charge in [-0.25, -0.2) is 13.8 Å². The molecule has 1 rings (SSSR count). The van der Waals surface area contributed by atoms with Gasteiger partial charge in [-0.1, -0.05) is 0 Å². The molecule has 0 unspecified atom stereocenters. The minimum Gasteiger partial charge on any atom is -0.274 e. The first-order chi connectivity index (χ1) is 7.34. The molecule has 0 saturated heterocycles. The predicted molar refractivity (Wildman–Crippen MR) is 53.7 cm³/mol. The second-order valence-corrected chi connectivity index (χ2v) is 3.75. The van der Waals surface area contributed by atoms with Gasteiger partial charge in [0.15, 0.2) is 5.69 Å². The van der Waals surface area contributed by atoms with Crippen molar-refractivity contribution in [1.29, 1.82) is 0 Å². The second kappa shape index (κ2) is 4.79. The molecule has 1 heterocycles. The Morgan fingerprint density at radius 1 is 1.62 bits per heavy atom. The lowest BCUT2D eigenvalue weighted by molar-refractivity contribution is -0.387. The molecule has 9 heteroatoms. The number of aromatic nitrogens is 1. The quantitative estimate of drug-likeness (QED) is 0.488. The summed E-state index contributed by atoms with van der Waals surface area (Å²) in [5.41, 5.74) is -2.45. The van der Waals surface area contributed by atoms with Crippen LogP contribution in [0.2, 0.25) is 0 Å². The molecule has 0 aliphatic heterocycles.